The number of rotatable bonds is 3. The lowest BCUT2D eigenvalue weighted by atomic mass is 10.2. The fourth-order valence-corrected chi connectivity index (χ4v) is 2.18. The molecule has 1 fully saturated rings. The van der Waals surface area contributed by atoms with Gasteiger partial charge >= 0.3 is 0 Å². The van der Waals surface area contributed by atoms with E-state index in [1.165, 1.54) is 12.1 Å². The molecule has 0 saturated heterocycles. The summed E-state index contributed by atoms with van der Waals surface area (Å²) in [4.78, 5) is 0. The molecular weight excluding hydrogens is 229 g/mol. The second kappa shape index (κ2) is 5.13. The average molecular weight is 244 g/mol. The van der Waals surface area contributed by atoms with Crippen LogP contribution in [-0.2, 0) is 11.3 Å². The summed E-state index contributed by atoms with van der Waals surface area (Å²) < 4.78 is 19.0. The van der Waals surface area contributed by atoms with E-state index in [0.29, 0.717) is 10.6 Å². The molecule has 0 amide bonds. The second-order valence-electron chi connectivity index (χ2n) is 4.24. The lowest BCUT2D eigenvalue weighted by Gasteiger charge is -2.12. The first-order chi connectivity index (χ1) is 7.65. The summed E-state index contributed by atoms with van der Waals surface area (Å²) in [5.41, 5.74) is 6.28. The van der Waals surface area contributed by atoms with Gasteiger partial charge in [-0.25, -0.2) is 4.39 Å². The first-order valence-corrected chi connectivity index (χ1v) is 5.84. The summed E-state index contributed by atoms with van der Waals surface area (Å²) in [5.74, 6) is -0.272. The van der Waals surface area contributed by atoms with Crippen LogP contribution in [0.5, 0.6) is 0 Å². The van der Waals surface area contributed by atoms with E-state index < -0.39 is 0 Å². The van der Waals surface area contributed by atoms with E-state index in [2.05, 4.69) is 0 Å². The Morgan fingerprint density at radius 3 is 2.94 bits per heavy atom. The van der Waals surface area contributed by atoms with Gasteiger partial charge in [0, 0.05) is 16.6 Å². The van der Waals surface area contributed by atoms with Crippen LogP contribution < -0.4 is 5.73 Å². The third-order valence-corrected chi connectivity index (χ3v) is 3.14. The van der Waals surface area contributed by atoms with Crippen LogP contribution in [0.25, 0.3) is 0 Å². The Kier molecular flexibility index (Phi) is 3.79. The van der Waals surface area contributed by atoms with Gasteiger partial charge in [0.05, 0.1) is 12.7 Å². The lowest BCUT2D eigenvalue weighted by molar-refractivity contribution is 0.0433. The minimum atomic E-state index is -0.272. The molecule has 2 rings (SSSR count). The Hall–Kier alpha value is -0.640. The smallest absolute Gasteiger partial charge is 0.128 e. The summed E-state index contributed by atoms with van der Waals surface area (Å²) in [7, 11) is 0. The van der Waals surface area contributed by atoms with E-state index in [0.717, 1.165) is 19.3 Å². The maximum atomic E-state index is 13.4. The summed E-state index contributed by atoms with van der Waals surface area (Å²) >= 11 is 5.79. The molecule has 0 aliphatic heterocycles. The first kappa shape index (κ1) is 11.8. The highest BCUT2D eigenvalue weighted by molar-refractivity contribution is 6.30. The molecule has 2 atom stereocenters. The number of ether oxygens (including phenoxy) is 1. The maximum absolute atomic E-state index is 13.4. The molecule has 16 heavy (non-hydrogen) atoms. The first-order valence-electron chi connectivity index (χ1n) is 5.46. The van der Waals surface area contributed by atoms with Crippen LogP contribution in [0.3, 0.4) is 0 Å². The molecule has 1 aromatic rings. The number of benzene rings is 1. The van der Waals surface area contributed by atoms with Crippen LogP contribution in [0.1, 0.15) is 24.8 Å². The third kappa shape index (κ3) is 2.94. The van der Waals surface area contributed by atoms with E-state index >= 15 is 0 Å². The Balaban J connectivity index is 1.91. The normalized spacial score (nSPS) is 24.9. The van der Waals surface area contributed by atoms with Gasteiger partial charge in [-0.15, -0.1) is 0 Å². The van der Waals surface area contributed by atoms with Gasteiger partial charge < -0.3 is 10.5 Å². The van der Waals surface area contributed by atoms with Crippen molar-refractivity contribution in [2.45, 2.75) is 38.0 Å². The fourth-order valence-electron chi connectivity index (χ4n) is 1.99. The van der Waals surface area contributed by atoms with Crippen LogP contribution in [0, 0.1) is 5.82 Å². The molecule has 2 nitrogen and oxygen atoms in total. The van der Waals surface area contributed by atoms with E-state index in [1.54, 1.807) is 6.07 Å². The zero-order chi connectivity index (χ0) is 11.5. The zero-order valence-electron chi connectivity index (χ0n) is 8.96. The van der Waals surface area contributed by atoms with Gasteiger partial charge in [-0.3, -0.25) is 0 Å². The van der Waals surface area contributed by atoms with Crippen molar-refractivity contribution in [3.05, 3.63) is 34.6 Å². The Bertz CT molecular complexity index is 372. The molecule has 0 radical (unpaired) electrons. The van der Waals surface area contributed by atoms with Gasteiger partial charge in [0.1, 0.15) is 5.82 Å². The van der Waals surface area contributed by atoms with E-state index in [1.807, 2.05) is 0 Å². The van der Waals surface area contributed by atoms with E-state index in [9.17, 15) is 4.39 Å². The highest BCUT2D eigenvalue weighted by atomic mass is 35.5. The monoisotopic (exact) mass is 243 g/mol. The SMILES string of the molecule is NC1CCC(OCc2cc(Cl)ccc2F)C1. The number of hydrogen-bond donors (Lipinski definition) is 1. The highest BCUT2D eigenvalue weighted by Crippen LogP contribution is 2.23. The summed E-state index contributed by atoms with van der Waals surface area (Å²) in [6.07, 6.45) is 2.97. The van der Waals surface area contributed by atoms with E-state index in [4.69, 9.17) is 22.1 Å². The summed E-state index contributed by atoms with van der Waals surface area (Å²) in [5, 5.41) is 0.531. The standard InChI is InChI=1S/C12H15ClFNO/c13-9-1-4-12(14)8(5-9)7-16-11-3-2-10(15)6-11/h1,4-5,10-11H,2-3,6-7,15H2. The van der Waals surface area contributed by atoms with Crippen LogP contribution >= 0.6 is 11.6 Å². The molecule has 2 unspecified atom stereocenters. The van der Waals surface area contributed by atoms with Crippen molar-refractivity contribution in [2.24, 2.45) is 5.73 Å². The Morgan fingerprint density at radius 1 is 1.44 bits per heavy atom. The predicted octanol–water partition coefficient (Wildman–Crippen LogP) is 2.88. The Morgan fingerprint density at radius 2 is 2.25 bits per heavy atom. The number of hydrogen-bond acceptors (Lipinski definition) is 2. The van der Waals surface area contributed by atoms with Gasteiger partial charge in [0.25, 0.3) is 0 Å². The van der Waals surface area contributed by atoms with Crippen LogP contribution in [-0.4, -0.2) is 12.1 Å². The quantitative estimate of drug-likeness (QED) is 0.886. The van der Waals surface area contributed by atoms with E-state index in [-0.39, 0.29) is 24.6 Å². The van der Waals surface area contributed by atoms with Crippen molar-refractivity contribution in [1.29, 1.82) is 0 Å². The average Bonchev–Trinajstić information content (AvgIpc) is 2.66. The molecule has 1 aliphatic carbocycles. The summed E-state index contributed by atoms with van der Waals surface area (Å²) in [6, 6.07) is 4.73. The van der Waals surface area contributed by atoms with Crippen molar-refractivity contribution in [3.8, 4) is 0 Å². The molecule has 88 valence electrons. The molecule has 1 aromatic carbocycles. The van der Waals surface area contributed by atoms with Gasteiger partial charge in [0.15, 0.2) is 0 Å². The van der Waals surface area contributed by atoms with Crippen LogP contribution in [0.15, 0.2) is 18.2 Å². The molecule has 0 spiro atoms. The third-order valence-electron chi connectivity index (χ3n) is 2.91. The van der Waals surface area contributed by atoms with Crippen molar-refractivity contribution in [3.63, 3.8) is 0 Å². The predicted molar refractivity (Wildman–Crippen MR) is 61.8 cm³/mol. The van der Waals surface area contributed by atoms with Crippen molar-refractivity contribution in [1.82, 2.24) is 0 Å². The van der Waals surface area contributed by atoms with Gasteiger partial charge in [-0.05, 0) is 37.5 Å². The zero-order valence-corrected chi connectivity index (χ0v) is 9.71. The Labute approximate surface area is 99.5 Å². The molecule has 2 N–H and O–H groups in total. The van der Waals surface area contributed by atoms with Crippen molar-refractivity contribution in [2.75, 3.05) is 0 Å². The molecular formula is C12H15ClFNO. The lowest BCUT2D eigenvalue weighted by Crippen LogP contribution is -2.17. The summed E-state index contributed by atoms with van der Waals surface area (Å²) in [6.45, 7) is 0.268. The minimum absolute atomic E-state index is 0.161. The van der Waals surface area contributed by atoms with Gasteiger partial charge in [0.2, 0.25) is 0 Å². The van der Waals surface area contributed by atoms with Crippen LogP contribution in [0.2, 0.25) is 5.02 Å². The molecule has 0 bridgehead atoms. The molecule has 1 saturated carbocycles. The highest BCUT2D eigenvalue weighted by Gasteiger charge is 2.22. The number of halogens is 2. The van der Waals surface area contributed by atoms with Crippen molar-refractivity contribution < 1.29 is 9.13 Å². The largest absolute Gasteiger partial charge is 0.373 e. The van der Waals surface area contributed by atoms with Gasteiger partial charge in [-0.2, -0.15) is 0 Å². The molecule has 0 aromatic heterocycles. The molecule has 4 heteroatoms. The van der Waals surface area contributed by atoms with Gasteiger partial charge in [-0.1, -0.05) is 11.6 Å². The second-order valence-corrected chi connectivity index (χ2v) is 4.68. The van der Waals surface area contributed by atoms with Crippen LogP contribution in [0.4, 0.5) is 4.39 Å². The van der Waals surface area contributed by atoms with Crippen molar-refractivity contribution >= 4 is 11.6 Å². The topological polar surface area (TPSA) is 35.2 Å². The molecule has 1 aliphatic rings. The molecule has 0 heterocycles. The maximum Gasteiger partial charge on any atom is 0.128 e. The number of nitrogens with two attached hydrogens (primary N) is 1. The minimum Gasteiger partial charge on any atom is -0.373 e. The fraction of sp³-hybridized carbons (Fsp3) is 0.500.